The van der Waals surface area contributed by atoms with Crippen LogP contribution in [0.25, 0.3) is 0 Å². The minimum atomic E-state index is 0.0359. The summed E-state index contributed by atoms with van der Waals surface area (Å²) in [6.45, 7) is 3.12. The molecule has 0 aromatic heterocycles. The lowest BCUT2D eigenvalue weighted by atomic mass is 9.98. The van der Waals surface area contributed by atoms with E-state index in [1.807, 2.05) is 0 Å². The van der Waals surface area contributed by atoms with Crippen LogP contribution in [0.1, 0.15) is 32.1 Å². The molecule has 0 aromatic rings. The summed E-state index contributed by atoms with van der Waals surface area (Å²) in [7, 11) is 0. The molecule has 0 aliphatic heterocycles. The highest BCUT2D eigenvalue weighted by Crippen LogP contribution is 2.16. The van der Waals surface area contributed by atoms with Crippen molar-refractivity contribution >= 4 is 0 Å². The number of hydrogen-bond donors (Lipinski definition) is 1. The van der Waals surface area contributed by atoms with Gasteiger partial charge in [0.2, 0.25) is 0 Å². The number of hydrogen-bond acceptors (Lipinski definition) is 2. The van der Waals surface area contributed by atoms with Crippen LogP contribution in [0.2, 0.25) is 0 Å². The molecule has 1 aliphatic carbocycles. The number of allylic oxidation sites excluding steroid dienone is 1. The van der Waals surface area contributed by atoms with E-state index in [0.29, 0.717) is 0 Å². The van der Waals surface area contributed by atoms with E-state index in [1.54, 1.807) is 6.07 Å². The third-order valence-electron chi connectivity index (χ3n) is 1.67. The second-order valence-electron chi connectivity index (χ2n) is 2.63. The van der Waals surface area contributed by atoms with Crippen LogP contribution in [0, 0.1) is 11.3 Å². The Labute approximate surface area is 68.2 Å². The molecular formula is C9H15NO. The number of aliphatic hydroxyl groups is 1. The number of nitrogens with zero attached hydrogens (tertiary/aromatic N) is 1. The van der Waals surface area contributed by atoms with Gasteiger partial charge in [-0.05, 0) is 12.8 Å². The van der Waals surface area contributed by atoms with Gasteiger partial charge in [0.05, 0.1) is 12.2 Å². The summed E-state index contributed by atoms with van der Waals surface area (Å²) < 4.78 is 0. The van der Waals surface area contributed by atoms with Crippen molar-refractivity contribution in [2.24, 2.45) is 0 Å². The maximum atomic E-state index is 8.91. The lowest BCUT2D eigenvalue weighted by Crippen LogP contribution is -2.09. The summed E-state index contributed by atoms with van der Waals surface area (Å²) in [4.78, 5) is 0. The molecule has 0 unspecified atom stereocenters. The summed E-state index contributed by atoms with van der Waals surface area (Å²) in [6.07, 6.45) is 7.10. The summed E-state index contributed by atoms with van der Waals surface area (Å²) in [5.41, 5.74) is 0. The molecular weight excluding hydrogens is 138 g/mol. The Morgan fingerprint density at radius 3 is 2.00 bits per heavy atom. The largest absolute Gasteiger partial charge is 0.393 e. The van der Waals surface area contributed by atoms with Gasteiger partial charge in [0.1, 0.15) is 0 Å². The molecule has 0 heterocycles. The molecule has 1 rings (SSSR count). The van der Waals surface area contributed by atoms with Gasteiger partial charge >= 0.3 is 0 Å². The van der Waals surface area contributed by atoms with Gasteiger partial charge < -0.3 is 5.11 Å². The lowest BCUT2D eigenvalue weighted by Gasteiger charge is -2.14. The fourth-order valence-electron chi connectivity index (χ4n) is 1.08. The van der Waals surface area contributed by atoms with Crippen molar-refractivity contribution in [2.75, 3.05) is 0 Å². The van der Waals surface area contributed by atoms with Gasteiger partial charge in [0.25, 0.3) is 0 Å². The highest BCUT2D eigenvalue weighted by molar-refractivity contribution is 4.93. The Morgan fingerprint density at radius 2 is 1.82 bits per heavy atom. The van der Waals surface area contributed by atoms with E-state index in [-0.39, 0.29) is 6.10 Å². The van der Waals surface area contributed by atoms with E-state index in [0.717, 1.165) is 12.8 Å². The van der Waals surface area contributed by atoms with Crippen LogP contribution < -0.4 is 0 Å². The van der Waals surface area contributed by atoms with Gasteiger partial charge in [0, 0.05) is 6.08 Å². The maximum absolute atomic E-state index is 8.91. The van der Waals surface area contributed by atoms with Gasteiger partial charge in [-0.2, -0.15) is 5.26 Å². The van der Waals surface area contributed by atoms with Gasteiger partial charge in [-0.3, -0.25) is 0 Å². The fourth-order valence-corrected chi connectivity index (χ4v) is 1.08. The molecule has 2 heteroatoms. The monoisotopic (exact) mass is 153 g/mol. The standard InChI is InChI=1S/C6H12O.C3H3N/c7-6-4-2-1-3-5-6;1-2-3-4/h6-7H,1-5H2;2H,1H2. The second-order valence-corrected chi connectivity index (χ2v) is 2.63. The first-order chi connectivity index (χ1) is 5.31. The van der Waals surface area contributed by atoms with Gasteiger partial charge in [-0.1, -0.05) is 25.8 Å². The zero-order valence-electron chi connectivity index (χ0n) is 6.79. The molecule has 0 radical (unpaired) electrons. The highest BCUT2D eigenvalue weighted by atomic mass is 16.3. The summed E-state index contributed by atoms with van der Waals surface area (Å²) in [5.74, 6) is 0. The minimum Gasteiger partial charge on any atom is -0.393 e. The van der Waals surface area contributed by atoms with Crippen LogP contribution >= 0.6 is 0 Å². The molecule has 0 amide bonds. The highest BCUT2D eigenvalue weighted by Gasteiger charge is 2.07. The first kappa shape index (κ1) is 10.2. The minimum absolute atomic E-state index is 0.0359. The lowest BCUT2D eigenvalue weighted by molar-refractivity contribution is 0.130. The maximum Gasteiger partial charge on any atom is 0.0905 e. The predicted molar refractivity (Wildman–Crippen MR) is 44.9 cm³/mol. The number of aliphatic hydroxyl groups excluding tert-OH is 1. The first-order valence-electron chi connectivity index (χ1n) is 4.00. The molecule has 1 fully saturated rings. The number of rotatable bonds is 0. The van der Waals surface area contributed by atoms with E-state index in [4.69, 9.17) is 10.4 Å². The quantitative estimate of drug-likeness (QED) is 0.541. The average molecular weight is 153 g/mol. The fraction of sp³-hybridized carbons (Fsp3) is 0.667. The van der Waals surface area contributed by atoms with Gasteiger partial charge in [0.15, 0.2) is 0 Å². The van der Waals surface area contributed by atoms with Crippen LogP contribution in [-0.2, 0) is 0 Å². The zero-order chi connectivity index (χ0) is 8.53. The Hall–Kier alpha value is -0.810. The van der Waals surface area contributed by atoms with E-state index >= 15 is 0 Å². The Balaban J connectivity index is 0.000000218. The Morgan fingerprint density at radius 1 is 1.36 bits per heavy atom. The summed E-state index contributed by atoms with van der Waals surface area (Å²) in [5, 5.41) is 16.4. The number of nitriles is 1. The molecule has 1 aliphatic rings. The van der Waals surface area contributed by atoms with E-state index in [2.05, 4.69) is 6.58 Å². The first-order valence-corrected chi connectivity index (χ1v) is 4.00. The van der Waals surface area contributed by atoms with Crippen LogP contribution in [-0.4, -0.2) is 11.2 Å². The SMILES string of the molecule is C=CC#N.OC1CCCCC1. The Bertz CT molecular complexity index is 131. The van der Waals surface area contributed by atoms with Crippen molar-refractivity contribution in [3.63, 3.8) is 0 Å². The molecule has 0 spiro atoms. The van der Waals surface area contributed by atoms with Crippen molar-refractivity contribution in [1.82, 2.24) is 0 Å². The summed E-state index contributed by atoms with van der Waals surface area (Å²) in [6, 6.07) is 1.69. The van der Waals surface area contributed by atoms with Gasteiger partial charge in [-0.25, -0.2) is 0 Å². The molecule has 0 bridgehead atoms. The zero-order valence-corrected chi connectivity index (χ0v) is 6.79. The van der Waals surface area contributed by atoms with Crippen LogP contribution in [0.15, 0.2) is 12.7 Å². The predicted octanol–water partition coefficient (Wildman–Crippen LogP) is 2.01. The van der Waals surface area contributed by atoms with Crippen molar-refractivity contribution in [1.29, 1.82) is 5.26 Å². The van der Waals surface area contributed by atoms with E-state index in [9.17, 15) is 0 Å². The van der Waals surface area contributed by atoms with Crippen LogP contribution in [0.3, 0.4) is 0 Å². The van der Waals surface area contributed by atoms with Crippen molar-refractivity contribution in [3.05, 3.63) is 12.7 Å². The van der Waals surface area contributed by atoms with Crippen LogP contribution in [0.5, 0.6) is 0 Å². The van der Waals surface area contributed by atoms with E-state index in [1.165, 1.54) is 25.3 Å². The molecule has 62 valence electrons. The molecule has 0 atom stereocenters. The molecule has 2 nitrogen and oxygen atoms in total. The summed E-state index contributed by atoms with van der Waals surface area (Å²) >= 11 is 0. The normalized spacial score (nSPS) is 17.5. The van der Waals surface area contributed by atoms with Crippen LogP contribution in [0.4, 0.5) is 0 Å². The Kier molecular flexibility index (Phi) is 6.76. The molecule has 1 N–H and O–H groups in total. The third kappa shape index (κ3) is 7.08. The smallest absolute Gasteiger partial charge is 0.0905 e. The third-order valence-corrected chi connectivity index (χ3v) is 1.67. The average Bonchev–Trinajstić information content (AvgIpc) is 2.07. The molecule has 1 saturated carbocycles. The molecule has 0 saturated heterocycles. The van der Waals surface area contributed by atoms with Gasteiger partial charge in [-0.15, -0.1) is 0 Å². The molecule has 11 heavy (non-hydrogen) atoms. The van der Waals surface area contributed by atoms with Crippen molar-refractivity contribution < 1.29 is 5.11 Å². The molecule has 0 aromatic carbocycles. The van der Waals surface area contributed by atoms with Crippen molar-refractivity contribution in [3.8, 4) is 6.07 Å². The van der Waals surface area contributed by atoms with Crippen molar-refractivity contribution in [2.45, 2.75) is 38.2 Å². The second kappa shape index (κ2) is 7.30. The van der Waals surface area contributed by atoms with E-state index < -0.39 is 0 Å². The topological polar surface area (TPSA) is 44.0 Å².